The molecule has 0 saturated carbocycles. The molecule has 5 rings (SSSR count). The Morgan fingerprint density at radius 3 is 2.42 bits per heavy atom. The van der Waals surface area contributed by atoms with Crippen LogP contribution in [0.4, 0.5) is 15.8 Å². The molecule has 2 heterocycles. The molecule has 38 heavy (non-hydrogen) atoms. The van der Waals surface area contributed by atoms with E-state index < -0.39 is 11.8 Å². The molecule has 2 saturated heterocycles. The van der Waals surface area contributed by atoms with Gasteiger partial charge in [-0.3, -0.25) is 14.5 Å². The van der Waals surface area contributed by atoms with Crippen LogP contribution in [-0.2, 0) is 4.79 Å². The van der Waals surface area contributed by atoms with E-state index in [1.54, 1.807) is 6.07 Å². The summed E-state index contributed by atoms with van der Waals surface area (Å²) in [5.74, 6) is -1.01. The fourth-order valence-electron chi connectivity index (χ4n) is 5.43. The van der Waals surface area contributed by atoms with E-state index >= 15 is 0 Å². The van der Waals surface area contributed by atoms with Crippen LogP contribution in [0.25, 0.3) is 10.8 Å². The second-order valence-electron chi connectivity index (χ2n) is 10.2. The number of carbonyl (C=O) groups excluding carboxylic acids is 1. The van der Waals surface area contributed by atoms with E-state index in [2.05, 4.69) is 15.1 Å². The van der Waals surface area contributed by atoms with Crippen LogP contribution in [0.15, 0.2) is 54.6 Å². The third kappa shape index (κ3) is 6.07. The molecular formula is C30H34FN3O4. The number of fused-ring (bicyclic) bond motifs is 1. The molecule has 0 aromatic heterocycles. The van der Waals surface area contributed by atoms with Crippen molar-refractivity contribution in [3.63, 3.8) is 0 Å². The van der Waals surface area contributed by atoms with Gasteiger partial charge in [0, 0.05) is 47.3 Å². The lowest BCUT2D eigenvalue weighted by Gasteiger charge is -2.29. The van der Waals surface area contributed by atoms with Gasteiger partial charge in [-0.05, 0) is 75.5 Å². The minimum absolute atomic E-state index is 0.248. The average molecular weight is 520 g/mol. The maximum absolute atomic E-state index is 14.4. The fraction of sp³-hybridized carbons (Fsp3) is 0.400. The van der Waals surface area contributed by atoms with Crippen LogP contribution in [0.2, 0.25) is 0 Å². The topological polar surface area (TPSA) is 82.1 Å². The molecule has 0 aliphatic carbocycles. The number of carboxylic acids is 1. The molecule has 2 N–H and O–H groups in total. The minimum Gasteiger partial charge on any atom is -0.492 e. The molecule has 0 unspecified atom stereocenters. The summed E-state index contributed by atoms with van der Waals surface area (Å²) in [5, 5.41) is 13.9. The first-order valence-corrected chi connectivity index (χ1v) is 13.4. The third-order valence-corrected chi connectivity index (χ3v) is 7.60. The third-order valence-electron chi connectivity index (χ3n) is 7.60. The van der Waals surface area contributed by atoms with Crippen LogP contribution >= 0.6 is 0 Å². The van der Waals surface area contributed by atoms with Gasteiger partial charge in [0.2, 0.25) is 0 Å². The molecule has 8 heteroatoms. The highest BCUT2D eigenvalue weighted by atomic mass is 19.1. The molecule has 0 bridgehead atoms. The van der Waals surface area contributed by atoms with Gasteiger partial charge in [-0.2, -0.15) is 0 Å². The number of hydrogen-bond donors (Lipinski definition) is 2. The molecule has 0 atom stereocenters. The normalized spacial score (nSPS) is 16.9. The van der Waals surface area contributed by atoms with Crippen molar-refractivity contribution in [2.45, 2.75) is 32.1 Å². The molecule has 3 aromatic rings. The Morgan fingerprint density at radius 2 is 1.68 bits per heavy atom. The molecule has 1 amide bonds. The minimum atomic E-state index is -0.709. The van der Waals surface area contributed by atoms with Gasteiger partial charge in [0.05, 0.1) is 5.92 Å². The SMILES string of the molecule is O=C(Nc1ccc(OCCN2CCC(C(=O)O)CC2)c2ccccc12)c1cc(F)cc(N2CCCCC2)c1. The first kappa shape index (κ1) is 26.0. The predicted octanol–water partition coefficient (Wildman–Crippen LogP) is 5.40. The van der Waals surface area contributed by atoms with Crippen molar-refractivity contribution in [2.24, 2.45) is 5.92 Å². The predicted molar refractivity (Wildman–Crippen MR) is 147 cm³/mol. The van der Waals surface area contributed by atoms with Gasteiger partial charge < -0.3 is 20.1 Å². The second kappa shape index (κ2) is 11.8. The average Bonchev–Trinajstić information content (AvgIpc) is 2.94. The molecule has 2 fully saturated rings. The van der Waals surface area contributed by atoms with Gasteiger partial charge in [-0.15, -0.1) is 0 Å². The highest BCUT2D eigenvalue weighted by Crippen LogP contribution is 2.32. The van der Waals surface area contributed by atoms with E-state index in [1.165, 1.54) is 18.6 Å². The van der Waals surface area contributed by atoms with E-state index in [0.29, 0.717) is 30.7 Å². The van der Waals surface area contributed by atoms with E-state index in [0.717, 1.165) is 67.8 Å². The Kier molecular flexibility index (Phi) is 8.08. The van der Waals surface area contributed by atoms with Gasteiger partial charge in [0.1, 0.15) is 18.2 Å². The number of carbonyl (C=O) groups is 2. The molecule has 2 aliphatic rings. The molecule has 3 aromatic carbocycles. The molecule has 0 spiro atoms. The summed E-state index contributed by atoms with van der Waals surface area (Å²) in [6.07, 6.45) is 4.65. The number of carboxylic acid groups (broad SMARTS) is 1. The summed E-state index contributed by atoms with van der Waals surface area (Å²) < 4.78 is 20.6. The summed E-state index contributed by atoms with van der Waals surface area (Å²) in [5.41, 5.74) is 1.68. The smallest absolute Gasteiger partial charge is 0.306 e. The number of anilines is 2. The number of likely N-dealkylation sites (tertiary alicyclic amines) is 1. The van der Waals surface area contributed by atoms with Crippen LogP contribution in [-0.4, -0.2) is 61.2 Å². The maximum atomic E-state index is 14.4. The zero-order valence-corrected chi connectivity index (χ0v) is 21.5. The number of nitrogens with zero attached hydrogens (tertiary/aromatic N) is 2. The summed E-state index contributed by atoms with van der Waals surface area (Å²) in [7, 11) is 0. The Hall–Kier alpha value is -3.65. The van der Waals surface area contributed by atoms with Crippen LogP contribution in [0, 0.1) is 11.7 Å². The largest absolute Gasteiger partial charge is 0.492 e. The second-order valence-corrected chi connectivity index (χ2v) is 10.2. The van der Waals surface area contributed by atoms with Gasteiger partial charge >= 0.3 is 5.97 Å². The van der Waals surface area contributed by atoms with E-state index in [1.807, 2.05) is 36.4 Å². The Morgan fingerprint density at radius 1 is 0.947 bits per heavy atom. The zero-order chi connectivity index (χ0) is 26.5. The zero-order valence-electron chi connectivity index (χ0n) is 21.5. The van der Waals surface area contributed by atoms with Crippen molar-refractivity contribution in [2.75, 3.05) is 49.5 Å². The van der Waals surface area contributed by atoms with Gasteiger partial charge in [0.15, 0.2) is 0 Å². The number of aliphatic carboxylic acids is 1. The number of halogens is 1. The Balaban J connectivity index is 1.26. The van der Waals surface area contributed by atoms with Crippen molar-refractivity contribution < 1.29 is 23.8 Å². The highest BCUT2D eigenvalue weighted by Gasteiger charge is 2.24. The molecule has 200 valence electrons. The number of piperidine rings is 2. The van der Waals surface area contributed by atoms with E-state index in [9.17, 15) is 19.1 Å². The van der Waals surface area contributed by atoms with Crippen molar-refractivity contribution in [1.82, 2.24) is 4.90 Å². The number of amides is 1. The van der Waals surface area contributed by atoms with Crippen molar-refractivity contribution in [1.29, 1.82) is 0 Å². The number of hydrogen-bond acceptors (Lipinski definition) is 5. The molecular weight excluding hydrogens is 485 g/mol. The molecule has 0 radical (unpaired) electrons. The van der Waals surface area contributed by atoms with Crippen LogP contribution in [0.3, 0.4) is 0 Å². The summed E-state index contributed by atoms with van der Waals surface area (Å²) in [4.78, 5) is 28.7. The van der Waals surface area contributed by atoms with Gasteiger partial charge in [-0.25, -0.2) is 4.39 Å². The van der Waals surface area contributed by atoms with Crippen molar-refractivity contribution in [3.05, 3.63) is 66.0 Å². The highest BCUT2D eigenvalue weighted by molar-refractivity contribution is 6.10. The number of ether oxygens (including phenoxy) is 1. The number of benzene rings is 3. The standard InChI is InChI=1S/C30H34FN3O4/c31-23-18-22(19-24(20-23)34-12-4-1-5-13-34)29(35)32-27-8-9-28(26-7-3-2-6-25(26)27)38-17-16-33-14-10-21(11-15-33)30(36)37/h2-3,6-9,18-21H,1,4-5,10-17H2,(H,32,35)(H,36,37). The van der Waals surface area contributed by atoms with Crippen LogP contribution in [0.1, 0.15) is 42.5 Å². The lowest BCUT2D eigenvalue weighted by atomic mass is 9.97. The fourth-order valence-corrected chi connectivity index (χ4v) is 5.43. The van der Waals surface area contributed by atoms with Crippen LogP contribution < -0.4 is 15.0 Å². The Labute approximate surface area is 222 Å². The van der Waals surface area contributed by atoms with E-state index in [-0.39, 0.29) is 11.8 Å². The quantitative estimate of drug-likeness (QED) is 0.415. The van der Waals surface area contributed by atoms with Crippen LogP contribution in [0.5, 0.6) is 5.75 Å². The van der Waals surface area contributed by atoms with E-state index in [4.69, 9.17) is 4.74 Å². The summed E-state index contributed by atoms with van der Waals surface area (Å²) >= 11 is 0. The summed E-state index contributed by atoms with van der Waals surface area (Å²) in [6, 6.07) is 15.9. The molecule has 2 aliphatic heterocycles. The molecule has 7 nitrogen and oxygen atoms in total. The first-order chi connectivity index (χ1) is 18.5. The van der Waals surface area contributed by atoms with Crippen molar-refractivity contribution >= 4 is 34.0 Å². The monoisotopic (exact) mass is 519 g/mol. The summed E-state index contributed by atoms with van der Waals surface area (Å²) in [6.45, 7) is 4.46. The maximum Gasteiger partial charge on any atom is 0.306 e. The Bertz CT molecular complexity index is 1300. The lowest BCUT2D eigenvalue weighted by molar-refractivity contribution is -0.143. The number of nitrogens with one attached hydrogen (secondary N) is 1. The lowest BCUT2D eigenvalue weighted by Crippen LogP contribution is -2.38. The van der Waals surface area contributed by atoms with Crippen molar-refractivity contribution in [3.8, 4) is 5.75 Å². The number of rotatable bonds is 8. The first-order valence-electron chi connectivity index (χ1n) is 13.4. The van der Waals surface area contributed by atoms with Gasteiger partial charge in [0.25, 0.3) is 5.91 Å². The van der Waals surface area contributed by atoms with Gasteiger partial charge in [-0.1, -0.05) is 24.3 Å².